The van der Waals surface area contributed by atoms with Gasteiger partial charge in [0.2, 0.25) is 10.0 Å². The molecule has 1 rings (SSSR count). The van der Waals surface area contributed by atoms with E-state index in [4.69, 9.17) is 11.6 Å². The molecule has 0 bridgehead atoms. The Morgan fingerprint density at radius 2 is 1.80 bits per heavy atom. The summed E-state index contributed by atoms with van der Waals surface area (Å²) in [5.74, 6) is 0.410. The molecular weight excluding hydrogens is 315 g/mol. The minimum atomic E-state index is -4.41. The number of benzene rings is 1. The van der Waals surface area contributed by atoms with E-state index in [-0.39, 0.29) is 4.90 Å². The van der Waals surface area contributed by atoms with Gasteiger partial charge in [-0.2, -0.15) is 13.2 Å². The smallest absolute Gasteiger partial charge is 0.208 e. The van der Waals surface area contributed by atoms with Gasteiger partial charge < -0.3 is 0 Å². The summed E-state index contributed by atoms with van der Waals surface area (Å²) >= 11 is 5.56. The second-order valence-electron chi connectivity index (χ2n) is 4.42. The van der Waals surface area contributed by atoms with Gasteiger partial charge in [-0.05, 0) is 31.0 Å². The first-order valence-electron chi connectivity index (χ1n) is 5.88. The van der Waals surface area contributed by atoms with E-state index in [1.165, 1.54) is 19.1 Å². The third kappa shape index (κ3) is 5.68. The van der Waals surface area contributed by atoms with Crippen molar-refractivity contribution in [1.29, 1.82) is 0 Å². The number of rotatable bonds is 6. The Bertz CT molecular complexity index is 529. The van der Waals surface area contributed by atoms with E-state index < -0.39 is 28.7 Å². The molecule has 114 valence electrons. The number of alkyl halides is 4. The molecule has 0 saturated carbocycles. The van der Waals surface area contributed by atoms with Crippen molar-refractivity contribution >= 4 is 21.6 Å². The zero-order valence-corrected chi connectivity index (χ0v) is 12.3. The average Bonchev–Trinajstić information content (AvgIpc) is 2.26. The van der Waals surface area contributed by atoms with Crippen LogP contribution in [0, 0.1) is 0 Å². The van der Waals surface area contributed by atoms with Crippen LogP contribution in [0.5, 0.6) is 0 Å². The number of nitrogens with one attached hydrogen (secondary N) is 1. The van der Waals surface area contributed by atoms with Crippen molar-refractivity contribution in [2.75, 3.05) is 5.88 Å². The van der Waals surface area contributed by atoms with Gasteiger partial charge in [0.1, 0.15) is 0 Å². The molecule has 0 aromatic heterocycles. The highest BCUT2D eigenvalue weighted by molar-refractivity contribution is 7.89. The Morgan fingerprint density at radius 1 is 1.25 bits per heavy atom. The summed E-state index contributed by atoms with van der Waals surface area (Å²) in [6.45, 7) is 1.17. The summed E-state index contributed by atoms with van der Waals surface area (Å²) < 4.78 is 62.3. The highest BCUT2D eigenvalue weighted by Crippen LogP contribution is 2.22. The first kappa shape index (κ1) is 17.3. The number of hydrogen-bond acceptors (Lipinski definition) is 2. The second kappa shape index (κ2) is 6.78. The van der Waals surface area contributed by atoms with Gasteiger partial charge in [-0.1, -0.05) is 12.1 Å². The van der Waals surface area contributed by atoms with Crippen LogP contribution in [0.3, 0.4) is 0 Å². The van der Waals surface area contributed by atoms with E-state index >= 15 is 0 Å². The Morgan fingerprint density at radius 3 is 2.25 bits per heavy atom. The van der Waals surface area contributed by atoms with E-state index in [0.29, 0.717) is 12.3 Å². The molecule has 0 radical (unpaired) electrons. The zero-order chi connectivity index (χ0) is 15.4. The van der Waals surface area contributed by atoms with Crippen LogP contribution in [0.1, 0.15) is 18.9 Å². The molecule has 1 aromatic carbocycles. The lowest BCUT2D eigenvalue weighted by atomic mass is 10.2. The quantitative estimate of drug-likeness (QED) is 0.815. The van der Waals surface area contributed by atoms with Crippen molar-refractivity contribution in [2.24, 2.45) is 0 Å². The fourth-order valence-electron chi connectivity index (χ4n) is 1.67. The summed E-state index contributed by atoms with van der Waals surface area (Å²) in [4.78, 5) is -0.0650. The van der Waals surface area contributed by atoms with Gasteiger partial charge in [0.25, 0.3) is 0 Å². The largest absolute Gasteiger partial charge is 0.390 e. The highest BCUT2D eigenvalue weighted by Gasteiger charge is 2.31. The maximum atomic E-state index is 12.2. The summed E-state index contributed by atoms with van der Waals surface area (Å²) in [6, 6.07) is 4.66. The van der Waals surface area contributed by atoms with Gasteiger partial charge in [0.15, 0.2) is 0 Å². The molecule has 1 atom stereocenters. The van der Waals surface area contributed by atoms with Crippen molar-refractivity contribution in [3.05, 3.63) is 29.8 Å². The van der Waals surface area contributed by atoms with Crippen LogP contribution in [0.2, 0.25) is 0 Å². The van der Waals surface area contributed by atoms with Crippen LogP contribution < -0.4 is 4.72 Å². The van der Waals surface area contributed by atoms with Crippen molar-refractivity contribution in [2.45, 2.75) is 36.9 Å². The molecule has 0 aliphatic heterocycles. The van der Waals surface area contributed by atoms with Crippen LogP contribution in [0.25, 0.3) is 0 Å². The molecule has 0 aliphatic carbocycles. The normalized spacial score (nSPS) is 14.2. The van der Waals surface area contributed by atoms with E-state index in [1.54, 1.807) is 12.1 Å². The first-order valence-corrected chi connectivity index (χ1v) is 7.90. The van der Waals surface area contributed by atoms with Gasteiger partial charge in [-0.15, -0.1) is 11.6 Å². The van der Waals surface area contributed by atoms with E-state index in [9.17, 15) is 21.6 Å². The third-order valence-electron chi connectivity index (χ3n) is 2.51. The second-order valence-corrected chi connectivity index (χ2v) is 6.52. The fourth-order valence-corrected chi connectivity index (χ4v) is 3.13. The number of hydrogen-bond donors (Lipinski definition) is 1. The zero-order valence-electron chi connectivity index (χ0n) is 10.7. The molecule has 0 saturated heterocycles. The monoisotopic (exact) mass is 329 g/mol. The maximum absolute atomic E-state index is 12.2. The van der Waals surface area contributed by atoms with E-state index in [0.717, 1.165) is 5.56 Å². The van der Waals surface area contributed by atoms with Crippen LogP contribution in [-0.2, 0) is 16.4 Å². The minimum absolute atomic E-state index is 0.0650. The van der Waals surface area contributed by atoms with Crippen LogP contribution >= 0.6 is 11.6 Å². The Balaban J connectivity index is 2.78. The SMILES string of the molecule is CC(CC(F)(F)F)NS(=O)(=O)c1ccc(CCCl)cc1. The fraction of sp³-hybridized carbons (Fsp3) is 0.500. The predicted molar refractivity (Wildman–Crippen MR) is 71.3 cm³/mol. The predicted octanol–water partition coefficient (Wildman–Crippen LogP) is 3.09. The molecule has 1 unspecified atom stereocenters. The van der Waals surface area contributed by atoms with E-state index in [1.807, 2.05) is 4.72 Å². The van der Waals surface area contributed by atoms with Gasteiger partial charge in [-0.25, -0.2) is 13.1 Å². The topological polar surface area (TPSA) is 46.2 Å². The Hall–Kier alpha value is -0.790. The molecule has 1 aromatic rings. The first-order chi connectivity index (χ1) is 9.14. The molecule has 8 heteroatoms. The van der Waals surface area contributed by atoms with Crippen molar-refractivity contribution in [3.8, 4) is 0 Å². The lowest BCUT2D eigenvalue weighted by Gasteiger charge is -2.16. The molecule has 0 amide bonds. The van der Waals surface area contributed by atoms with Crippen LogP contribution in [0.15, 0.2) is 29.2 Å². The molecule has 0 spiro atoms. The van der Waals surface area contributed by atoms with Crippen molar-refractivity contribution < 1.29 is 21.6 Å². The van der Waals surface area contributed by atoms with Crippen molar-refractivity contribution in [1.82, 2.24) is 4.72 Å². The standard InChI is InChI=1S/C12H15ClF3NO2S/c1-9(8-12(14,15)16)17-20(18,19)11-4-2-10(3-5-11)6-7-13/h2-5,9,17H,6-8H2,1H3. The molecule has 0 fully saturated rings. The molecule has 1 N–H and O–H groups in total. The summed E-state index contributed by atoms with van der Waals surface area (Å²) in [5.41, 5.74) is 0.863. The highest BCUT2D eigenvalue weighted by atomic mass is 35.5. The van der Waals surface area contributed by atoms with Crippen molar-refractivity contribution in [3.63, 3.8) is 0 Å². The molecular formula is C12H15ClF3NO2S. The number of sulfonamides is 1. The van der Waals surface area contributed by atoms with Crippen LogP contribution in [0.4, 0.5) is 13.2 Å². The summed E-state index contributed by atoms with van der Waals surface area (Å²) in [6.07, 6.45) is -5.03. The van der Waals surface area contributed by atoms with Gasteiger partial charge in [0, 0.05) is 11.9 Å². The third-order valence-corrected chi connectivity index (χ3v) is 4.31. The van der Waals surface area contributed by atoms with Crippen LogP contribution in [-0.4, -0.2) is 26.5 Å². The Kier molecular flexibility index (Phi) is 5.85. The minimum Gasteiger partial charge on any atom is -0.208 e. The summed E-state index contributed by atoms with van der Waals surface area (Å²) in [7, 11) is -3.95. The lowest BCUT2D eigenvalue weighted by molar-refractivity contribution is -0.137. The number of aryl methyl sites for hydroxylation is 1. The lowest BCUT2D eigenvalue weighted by Crippen LogP contribution is -2.35. The molecule has 0 heterocycles. The van der Waals surface area contributed by atoms with Gasteiger partial charge in [-0.3, -0.25) is 0 Å². The molecule has 0 aliphatic rings. The number of halogens is 4. The van der Waals surface area contributed by atoms with Gasteiger partial charge in [0.05, 0.1) is 11.3 Å². The molecule has 3 nitrogen and oxygen atoms in total. The summed E-state index contributed by atoms with van der Waals surface area (Å²) in [5, 5.41) is 0. The average molecular weight is 330 g/mol. The molecule has 20 heavy (non-hydrogen) atoms. The van der Waals surface area contributed by atoms with Gasteiger partial charge >= 0.3 is 6.18 Å². The Labute approximate surface area is 121 Å². The van der Waals surface area contributed by atoms with E-state index in [2.05, 4.69) is 0 Å². The maximum Gasteiger partial charge on any atom is 0.390 e.